The van der Waals surface area contributed by atoms with Gasteiger partial charge in [-0.1, -0.05) is 36.4 Å². The van der Waals surface area contributed by atoms with E-state index >= 15 is 0 Å². The summed E-state index contributed by atoms with van der Waals surface area (Å²) in [4.78, 5) is 21.7. The molecule has 1 aromatic heterocycles. The van der Waals surface area contributed by atoms with Gasteiger partial charge in [0.2, 0.25) is 5.91 Å². The van der Waals surface area contributed by atoms with Crippen molar-refractivity contribution >= 4 is 17.7 Å². The average Bonchev–Trinajstić information content (AvgIpc) is 3.28. The van der Waals surface area contributed by atoms with Crippen molar-refractivity contribution in [3.63, 3.8) is 0 Å². The molecule has 2 fully saturated rings. The molecule has 0 spiro atoms. The highest BCUT2D eigenvalue weighted by Gasteiger charge is 2.34. The molecule has 2 atom stereocenters. The lowest BCUT2D eigenvalue weighted by molar-refractivity contribution is -0.134. The third kappa shape index (κ3) is 5.59. The summed E-state index contributed by atoms with van der Waals surface area (Å²) in [5.74, 6) is 1.09. The van der Waals surface area contributed by atoms with Crippen molar-refractivity contribution in [2.24, 2.45) is 0 Å². The first kappa shape index (κ1) is 20.4. The molecule has 4 rings (SSSR count). The summed E-state index contributed by atoms with van der Waals surface area (Å²) in [5.41, 5.74) is 2.57. The number of unbranched alkanes of at least 4 members (excludes halogenated alkanes) is 1. The molecule has 6 heteroatoms. The van der Waals surface area contributed by atoms with Gasteiger partial charge in [-0.15, -0.1) is 11.8 Å². The molecule has 0 aliphatic carbocycles. The van der Waals surface area contributed by atoms with E-state index in [4.69, 9.17) is 0 Å². The zero-order valence-corrected chi connectivity index (χ0v) is 17.7. The van der Waals surface area contributed by atoms with Gasteiger partial charge in [0.05, 0.1) is 11.4 Å². The quantitative estimate of drug-likeness (QED) is 0.711. The maximum atomic E-state index is 12.9. The third-order valence-corrected chi connectivity index (χ3v) is 7.05. The number of nitrogens with one attached hydrogen (secondary N) is 1. The Kier molecular flexibility index (Phi) is 7.19. The first-order valence-electron chi connectivity index (χ1n) is 10.6. The number of benzene rings is 1. The topological polar surface area (TPSA) is 48.5 Å². The summed E-state index contributed by atoms with van der Waals surface area (Å²) in [6.07, 6.45) is 7.27. The minimum atomic E-state index is -0.0809. The van der Waals surface area contributed by atoms with Gasteiger partial charge in [0.15, 0.2) is 0 Å². The molecule has 154 valence electrons. The van der Waals surface area contributed by atoms with Gasteiger partial charge in [-0.25, -0.2) is 0 Å². The average molecular weight is 411 g/mol. The van der Waals surface area contributed by atoms with E-state index in [-0.39, 0.29) is 17.3 Å². The number of pyridine rings is 1. The number of piperazine rings is 1. The number of hydrogen-bond acceptors (Lipinski definition) is 5. The third-order valence-electron chi connectivity index (χ3n) is 5.78. The molecule has 0 bridgehead atoms. The van der Waals surface area contributed by atoms with Gasteiger partial charge in [0.25, 0.3) is 0 Å². The maximum absolute atomic E-state index is 12.9. The zero-order chi connectivity index (χ0) is 19.9. The minimum Gasteiger partial charge on any atom is -0.339 e. The normalized spacial score (nSPS) is 22.7. The molecule has 2 saturated heterocycles. The van der Waals surface area contributed by atoms with Crippen LogP contribution in [0, 0.1) is 0 Å². The fourth-order valence-corrected chi connectivity index (χ4v) is 5.28. The summed E-state index contributed by atoms with van der Waals surface area (Å²) < 4.78 is 0. The smallest absolute Gasteiger partial charge is 0.240 e. The molecule has 0 saturated carbocycles. The Balaban J connectivity index is 1.15. The van der Waals surface area contributed by atoms with Gasteiger partial charge >= 0.3 is 0 Å². The van der Waals surface area contributed by atoms with Crippen LogP contribution in [0.3, 0.4) is 0 Å². The Morgan fingerprint density at radius 2 is 1.90 bits per heavy atom. The zero-order valence-electron chi connectivity index (χ0n) is 16.9. The second-order valence-corrected chi connectivity index (χ2v) is 8.97. The Morgan fingerprint density at radius 3 is 2.66 bits per heavy atom. The number of aryl methyl sites for hydroxylation is 1. The van der Waals surface area contributed by atoms with E-state index in [1.807, 2.05) is 17.2 Å². The summed E-state index contributed by atoms with van der Waals surface area (Å²) in [6.45, 7) is 4.80. The predicted molar refractivity (Wildman–Crippen MR) is 119 cm³/mol. The van der Waals surface area contributed by atoms with E-state index in [9.17, 15) is 4.79 Å². The molecule has 1 aromatic carbocycles. The van der Waals surface area contributed by atoms with Crippen molar-refractivity contribution in [2.75, 3.05) is 38.5 Å². The molecule has 3 heterocycles. The highest BCUT2D eigenvalue weighted by molar-refractivity contribution is 7.99. The Bertz CT molecular complexity index is 765. The molecule has 1 N–H and O–H groups in total. The monoisotopic (exact) mass is 410 g/mol. The van der Waals surface area contributed by atoms with Gasteiger partial charge in [0, 0.05) is 44.3 Å². The van der Waals surface area contributed by atoms with E-state index < -0.39 is 0 Å². The van der Waals surface area contributed by atoms with Crippen molar-refractivity contribution in [1.82, 2.24) is 20.1 Å². The van der Waals surface area contributed by atoms with Crippen LogP contribution in [-0.4, -0.2) is 65.2 Å². The number of carbonyl (C=O) groups is 1. The number of nitrogens with zero attached hydrogens (tertiary/aromatic N) is 3. The largest absolute Gasteiger partial charge is 0.339 e. The molecule has 1 unspecified atom stereocenters. The van der Waals surface area contributed by atoms with Gasteiger partial charge in [0.1, 0.15) is 0 Å². The lowest BCUT2D eigenvalue weighted by atomic mass is 10.1. The fraction of sp³-hybridized carbons (Fsp3) is 0.478. The van der Waals surface area contributed by atoms with Gasteiger partial charge in [-0.3, -0.25) is 20.0 Å². The van der Waals surface area contributed by atoms with Crippen molar-refractivity contribution in [1.29, 1.82) is 0 Å². The van der Waals surface area contributed by atoms with Gasteiger partial charge < -0.3 is 4.90 Å². The summed E-state index contributed by atoms with van der Waals surface area (Å²) in [7, 11) is 0. The highest BCUT2D eigenvalue weighted by Crippen LogP contribution is 2.32. The standard InChI is InChI=1S/C23H30N4OS/c28-23(21-18-29-22(25-21)20-10-6-11-24-17-20)27-15-13-26(14-16-27)12-5-4-9-19-7-2-1-3-8-19/h1-3,6-8,10-11,17,21-22,25H,4-5,9,12-16,18H2/t21-,22?/m0/s1. The Labute approximate surface area is 177 Å². The van der Waals surface area contributed by atoms with Crippen LogP contribution in [0.2, 0.25) is 0 Å². The second kappa shape index (κ2) is 10.2. The molecule has 0 radical (unpaired) electrons. The van der Waals surface area contributed by atoms with Crippen molar-refractivity contribution < 1.29 is 4.79 Å². The predicted octanol–water partition coefficient (Wildman–Crippen LogP) is 2.95. The van der Waals surface area contributed by atoms with Crippen LogP contribution in [-0.2, 0) is 11.2 Å². The summed E-state index contributed by atoms with van der Waals surface area (Å²) >= 11 is 1.80. The molecule has 5 nitrogen and oxygen atoms in total. The SMILES string of the molecule is O=C([C@@H]1CSC(c2cccnc2)N1)N1CCN(CCCCc2ccccc2)CC1. The number of amides is 1. The van der Waals surface area contributed by atoms with E-state index in [1.165, 1.54) is 18.4 Å². The molecule has 2 aliphatic heterocycles. The molecule has 2 aromatic rings. The molecule has 29 heavy (non-hydrogen) atoms. The molecule has 1 amide bonds. The summed E-state index contributed by atoms with van der Waals surface area (Å²) in [5, 5.41) is 3.66. The number of thioether (sulfide) groups is 1. The van der Waals surface area contributed by atoms with E-state index in [0.717, 1.165) is 50.5 Å². The lowest BCUT2D eigenvalue weighted by Crippen LogP contribution is -2.53. The van der Waals surface area contributed by atoms with E-state index in [0.29, 0.717) is 0 Å². The number of carbonyl (C=O) groups excluding carboxylic acids is 1. The number of rotatable bonds is 7. The Hall–Kier alpha value is -1.89. The molecular formula is C23H30N4OS. The van der Waals surface area contributed by atoms with Crippen molar-refractivity contribution in [2.45, 2.75) is 30.7 Å². The summed E-state index contributed by atoms with van der Waals surface area (Å²) in [6, 6.07) is 14.7. The van der Waals surface area contributed by atoms with Crippen molar-refractivity contribution in [3.8, 4) is 0 Å². The van der Waals surface area contributed by atoms with Gasteiger partial charge in [-0.2, -0.15) is 0 Å². The van der Waals surface area contributed by atoms with Crippen LogP contribution in [0.25, 0.3) is 0 Å². The van der Waals surface area contributed by atoms with Crippen LogP contribution in [0.15, 0.2) is 54.9 Å². The van der Waals surface area contributed by atoms with Gasteiger partial charge in [-0.05, 0) is 43.0 Å². The van der Waals surface area contributed by atoms with Crippen LogP contribution in [0.1, 0.15) is 29.3 Å². The molecular weight excluding hydrogens is 380 g/mol. The van der Waals surface area contributed by atoms with Crippen LogP contribution < -0.4 is 5.32 Å². The number of aromatic nitrogens is 1. The highest BCUT2D eigenvalue weighted by atomic mass is 32.2. The Morgan fingerprint density at radius 1 is 1.07 bits per heavy atom. The van der Waals surface area contributed by atoms with Crippen molar-refractivity contribution in [3.05, 3.63) is 66.0 Å². The maximum Gasteiger partial charge on any atom is 0.240 e. The van der Waals surface area contributed by atoms with E-state index in [2.05, 4.69) is 51.6 Å². The number of hydrogen-bond donors (Lipinski definition) is 1. The fourth-order valence-electron chi connectivity index (χ4n) is 4.06. The van der Waals surface area contributed by atoms with Crippen LogP contribution in [0.4, 0.5) is 0 Å². The second-order valence-electron chi connectivity index (χ2n) is 7.83. The first-order chi connectivity index (χ1) is 14.3. The van der Waals surface area contributed by atoms with Crippen LogP contribution >= 0.6 is 11.8 Å². The van der Waals surface area contributed by atoms with E-state index in [1.54, 1.807) is 18.0 Å². The van der Waals surface area contributed by atoms with Crippen LogP contribution in [0.5, 0.6) is 0 Å². The molecule has 2 aliphatic rings. The minimum absolute atomic E-state index is 0.0809. The lowest BCUT2D eigenvalue weighted by Gasteiger charge is -2.36. The first-order valence-corrected chi connectivity index (χ1v) is 11.7.